The van der Waals surface area contributed by atoms with Gasteiger partial charge in [0.2, 0.25) is 0 Å². The Morgan fingerprint density at radius 1 is 0.408 bits per heavy atom. The van der Waals surface area contributed by atoms with Crippen LogP contribution in [0.5, 0.6) is 0 Å². The fourth-order valence-electron chi connectivity index (χ4n) is 27.7. The van der Waals surface area contributed by atoms with Gasteiger partial charge in [-0.1, -0.05) is 55.4 Å². The van der Waals surface area contributed by atoms with Crippen molar-refractivity contribution in [2.75, 3.05) is 26.4 Å². The van der Waals surface area contributed by atoms with Crippen molar-refractivity contribution in [1.82, 2.24) is 0 Å². The van der Waals surface area contributed by atoms with Crippen molar-refractivity contribution < 1.29 is 129 Å². The highest BCUT2D eigenvalue weighted by Crippen LogP contribution is 2.67. The van der Waals surface area contributed by atoms with E-state index in [0.29, 0.717) is 118 Å². The topological polar surface area (TPSA) is 359 Å². The van der Waals surface area contributed by atoms with Gasteiger partial charge in [-0.15, -0.1) is 0 Å². The second-order valence-electron chi connectivity index (χ2n) is 47.3. The minimum atomic E-state index is -0.610. The van der Waals surface area contributed by atoms with Crippen LogP contribution in [0.15, 0.2) is 0 Å². The van der Waals surface area contributed by atoms with Crippen molar-refractivity contribution in [2.24, 2.45) is 155 Å². The van der Waals surface area contributed by atoms with Gasteiger partial charge < -0.3 is 61.6 Å². The molecule has 14 bridgehead atoms. The first-order valence-electron chi connectivity index (χ1n) is 50.3. The maximum atomic E-state index is 13.5. The van der Waals surface area contributed by atoms with E-state index in [2.05, 4.69) is 6.92 Å². The molecule has 20 fully saturated rings. The maximum absolute atomic E-state index is 13.5. The van der Waals surface area contributed by atoms with Gasteiger partial charge in [-0.05, 0) is 315 Å². The second-order valence-corrected chi connectivity index (χ2v) is 47.3. The summed E-state index contributed by atoms with van der Waals surface area (Å²) in [7, 11) is 0. The van der Waals surface area contributed by atoms with E-state index < -0.39 is 62.5 Å². The number of cyclic esters (lactones) is 6. The summed E-state index contributed by atoms with van der Waals surface area (Å²) in [6.07, 6.45) is 26.2. The van der Waals surface area contributed by atoms with Gasteiger partial charge in [-0.25, -0.2) is 0 Å². The number of hydrogen-bond donors (Lipinski definition) is 0. The number of carbonyl (C=O) groups excluding carboxylic acids is 14. The van der Waals surface area contributed by atoms with Gasteiger partial charge in [0.1, 0.15) is 48.3 Å². The average Bonchev–Trinajstić information content (AvgIpc) is 1.53. The smallest absolute Gasteiger partial charge is 0.320 e. The number of ether oxygens (including phenoxy) is 13. The summed E-state index contributed by atoms with van der Waals surface area (Å²) in [5.41, 5.74) is -3.82. The highest BCUT2D eigenvalue weighted by Gasteiger charge is 2.73. The lowest BCUT2D eigenvalue weighted by Gasteiger charge is -2.39. The van der Waals surface area contributed by atoms with E-state index in [9.17, 15) is 67.1 Å². The Morgan fingerprint density at radius 2 is 0.877 bits per heavy atom. The number of fused-ring (bicyclic) bond motifs is 18. The van der Waals surface area contributed by atoms with Crippen molar-refractivity contribution in [3.8, 4) is 0 Å². The summed E-state index contributed by atoms with van der Waals surface area (Å²) in [6.45, 7) is 37.3. The summed E-state index contributed by atoms with van der Waals surface area (Å²) >= 11 is 0. The lowest BCUT2D eigenvalue weighted by Crippen LogP contribution is -2.48. The van der Waals surface area contributed by atoms with Crippen LogP contribution in [0.1, 0.15) is 330 Å². The van der Waals surface area contributed by atoms with Crippen LogP contribution in [0, 0.1) is 155 Å². The molecule has 27 nitrogen and oxygen atoms in total. The molecule has 5 spiro atoms. The molecule has 14 aliphatic carbocycles. The largest absolute Gasteiger partial charge is 0.465 e. The second kappa shape index (κ2) is 36.1. The molecular formula is C103H150O27. The Morgan fingerprint density at radius 3 is 1.30 bits per heavy atom. The molecule has 30 atom stereocenters. The van der Waals surface area contributed by atoms with E-state index in [4.69, 9.17) is 61.6 Å². The van der Waals surface area contributed by atoms with Gasteiger partial charge in [-0.2, -0.15) is 0 Å². The molecule has 0 aromatic heterocycles. The third-order valence-electron chi connectivity index (χ3n) is 38.2. The minimum absolute atomic E-state index is 0.0105. The molecule has 0 N–H and O–H groups in total. The Kier molecular flexibility index (Phi) is 27.0. The lowest BCUT2D eigenvalue weighted by atomic mass is 9.71. The summed E-state index contributed by atoms with van der Waals surface area (Å²) in [5.74, 6) is 0.958. The Hall–Kier alpha value is -7.22. The molecule has 30 unspecified atom stereocenters. The van der Waals surface area contributed by atoms with Gasteiger partial charge in [0.15, 0.2) is 0 Å². The first kappa shape index (κ1) is 97.3. The normalized spacial score (nSPS) is 40.9. The molecule has 6 heterocycles. The van der Waals surface area contributed by atoms with Crippen LogP contribution in [0.2, 0.25) is 0 Å². The zero-order valence-electron chi connectivity index (χ0n) is 80.8. The molecule has 27 heteroatoms. The van der Waals surface area contributed by atoms with Crippen LogP contribution in [0.25, 0.3) is 0 Å². The number of rotatable bonds is 21. The van der Waals surface area contributed by atoms with E-state index in [1.165, 1.54) is 6.42 Å². The molecule has 0 radical (unpaired) electrons. The number of carbonyl (C=O) groups is 14. The molecule has 20 rings (SSSR count). The third kappa shape index (κ3) is 17.6. The minimum Gasteiger partial charge on any atom is -0.465 e. The Labute approximate surface area is 768 Å². The predicted octanol–water partition coefficient (Wildman–Crippen LogP) is 16.3. The molecular weight excluding hydrogens is 1670 g/mol. The first-order valence-corrected chi connectivity index (χ1v) is 50.3. The fraction of sp³-hybridized carbons (Fsp3) is 0.864. The molecule has 724 valence electrons. The molecule has 0 amide bonds. The van der Waals surface area contributed by atoms with Crippen LogP contribution in [0.3, 0.4) is 0 Å². The first-order chi connectivity index (χ1) is 61.2. The monoisotopic (exact) mass is 1820 g/mol. The van der Waals surface area contributed by atoms with Gasteiger partial charge in [0.25, 0.3) is 0 Å². The van der Waals surface area contributed by atoms with Gasteiger partial charge in [0, 0.05) is 34.5 Å². The predicted molar refractivity (Wildman–Crippen MR) is 466 cm³/mol. The van der Waals surface area contributed by atoms with Crippen molar-refractivity contribution >= 4 is 83.6 Å². The van der Waals surface area contributed by atoms with Crippen LogP contribution >= 0.6 is 0 Å². The van der Waals surface area contributed by atoms with Gasteiger partial charge in [0.05, 0.1) is 107 Å². The standard InChI is InChI=1S/C24H34O6.4C16H24O4.C15H20O5/c1-5-23(3,4)22(27)29-19-15-10-14-16(20(25)28-18(14)19)17(15)21(26)30-24(6-2)11-12-7-8-13(24)9-12;1-4-15(2,3)14(18)20-12-6-11-5-10(12)7-16(11)8-13(17)19-9-16;1-4-15(2,3)14(18)20-12-6-10-5-11(12)16(7-10)8-13(17)19-9-16;1-4-15(2,3)13(17)20-12-8-11-7-10(12)9-16(11)5-6-19-14(16)18;1-4-15(2,3)13(17)20-12-8-10-7-11(12)16(9-10)5-6-19-14(16)18;1-3-8(2)13(17)19-11-5-10-4-9(11)6-15(10)7-12(16)20-14(15)18/h12-19H,5-11H2,1-4H3;4*10-12H,4-9H2,1-3H3;8-11H,3-7H2,1-2H3. The average molecular weight is 1820 g/mol. The van der Waals surface area contributed by atoms with E-state index in [-0.39, 0.29) is 177 Å². The summed E-state index contributed by atoms with van der Waals surface area (Å²) < 4.78 is 72.0. The fourth-order valence-corrected chi connectivity index (χ4v) is 27.7. The maximum Gasteiger partial charge on any atom is 0.320 e. The van der Waals surface area contributed by atoms with E-state index in [1.807, 2.05) is 118 Å². The lowest BCUT2D eigenvalue weighted by molar-refractivity contribution is -0.182. The zero-order chi connectivity index (χ0) is 94.1. The third-order valence-corrected chi connectivity index (χ3v) is 38.2. The SMILES string of the molecule is CCC(C)(C)C(=O)OC1C2CC3C1OC(=O)C3C2C(=O)OC1(CC)CC2CCC1C2.CCC(C)(C)C(=O)OC1CC2CC1C1(CCOC1=O)C2.CCC(C)(C)C(=O)OC1CC2CC1C1(COC(=O)C1)C2.CCC(C)(C)C(=O)OC1CC2CC1CC21CCOC1=O.CCC(C)(C)C(=O)OC1CC2CC1CC21COC(=O)C1.CCC(C)C(=O)OC1CC2CC1CC21CC(=O)OC1=O. The molecule has 6 saturated heterocycles. The number of hydrogen-bond acceptors (Lipinski definition) is 27. The van der Waals surface area contributed by atoms with Crippen LogP contribution in [-0.2, 0) is 129 Å². The van der Waals surface area contributed by atoms with Crippen molar-refractivity contribution in [2.45, 2.75) is 378 Å². The molecule has 6 aliphatic heterocycles. The van der Waals surface area contributed by atoms with Crippen LogP contribution in [-0.4, -0.2) is 158 Å². The summed E-state index contributed by atoms with van der Waals surface area (Å²) in [6, 6.07) is 0. The van der Waals surface area contributed by atoms with Crippen molar-refractivity contribution in [3.05, 3.63) is 0 Å². The summed E-state index contributed by atoms with van der Waals surface area (Å²) in [5, 5.41) is 0. The highest BCUT2D eigenvalue weighted by molar-refractivity contribution is 5.98. The van der Waals surface area contributed by atoms with Crippen LogP contribution in [0.4, 0.5) is 0 Å². The van der Waals surface area contributed by atoms with Crippen LogP contribution < -0.4 is 0 Å². The Bertz CT molecular complexity index is 4400. The van der Waals surface area contributed by atoms with E-state index >= 15 is 0 Å². The molecule has 0 aromatic carbocycles. The highest BCUT2D eigenvalue weighted by atomic mass is 16.6. The van der Waals surface area contributed by atoms with E-state index in [0.717, 1.165) is 154 Å². The molecule has 14 saturated carbocycles. The molecule has 130 heavy (non-hydrogen) atoms. The van der Waals surface area contributed by atoms with Gasteiger partial charge >= 0.3 is 83.6 Å². The van der Waals surface area contributed by atoms with Crippen molar-refractivity contribution in [1.29, 1.82) is 0 Å². The van der Waals surface area contributed by atoms with E-state index in [1.54, 1.807) is 0 Å². The van der Waals surface area contributed by atoms with Gasteiger partial charge in [-0.3, -0.25) is 67.1 Å². The molecule has 0 aromatic rings. The Balaban J connectivity index is 0.000000121. The quantitative estimate of drug-likeness (QED) is 0.0585. The number of esters is 14. The zero-order valence-corrected chi connectivity index (χ0v) is 80.8. The molecule has 20 aliphatic rings. The summed E-state index contributed by atoms with van der Waals surface area (Å²) in [4.78, 5) is 170. The van der Waals surface area contributed by atoms with Crippen molar-refractivity contribution in [3.63, 3.8) is 0 Å².